The Morgan fingerprint density at radius 3 is 2.68 bits per heavy atom. The Kier molecular flexibility index (Phi) is 7.50. The molecule has 0 bridgehead atoms. The van der Waals surface area contributed by atoms with E-state index in [-0.39, 0.29) is 19.0 Å². The molecular weight excluding hydrogens is 304 g/mol. The van der Waals surface area contributed by atoms with Gasteiger partial charge >= 0.3 is 0 Å². The van der Waals surface area contributed by atoms with Gasteiger partial charge in [0.1, 0.15) is 0 Å². The van der Waals surface area contributed by atoms with Crippen LogP contribution in [0, 0.1) is 6.92 Å². The van der Waals surface area contributed by atoms with Crippen LogP contribution in [-0.4, -0.2) is 51.7 Å². The molecular formula is C15H24N2O4S. The SMILES string of the molecule is COCCCN(CC(=O)NCc1cccc(C)c1)S(C)(=O)=O. The number of nitrogens with zero attached hydrogens (tertiary/aromatic N) is 1. The topological polar surface area (TPSA) is 75.7 Å². The first kappa shape index (κ1) is 18.6. The minimum absolute atomic E-state index is 0.172. The van der Waals surface area contributed by atoms with Gasteiger partial charge in [0.2, 0.25) is 15.9 Å². The van der Waals surface area contributed by atoms with Crippen LogP contribution in [0.2, 0.25) is 0 Å². The first-order valence-corrected chi connectivity index (χ1v) is 8.94. The number of hydrogen-bond acceptors (Lipinski definition) is 4. The molecule has 1 N–H and O–H groups in total. The van der Waals surface area contributed by atoms with Gasteiger partial charge in [0.05, 0.1) is 12.8 Å². The Hall–Kier alpha value is -1.44. The highest BCUT2D eigenvalue weighted by atomic mass is 32.2. The van der Waals surface area contributed by atoms with E-state index in [1.54, 1.807) is 7.11 Å². The Bertz CT molecular complexity index is 587. The van der Waals surface area contributed by atoms with Crippen molar-refractivity contribution in [3.05, 3.63) is 35.4 Å². The highest BCUT2D eigenvalue weighted by Crippen LogP contribution is 2.04. The van der Waals surface area contributed by atoms with Gasteiger partial charge in [-0.15, -0.1) is 0 Å². The van der Waals surface area contributed by atoms with E-state index in [4.69, 9.17) is 4.74 Å². The Morgan fingerprint density at radius 1 is 1.36 bits per heavy atom. The van der Waals surface area contributed by atoms with E-state index < -0.39 is 10.0 Å². The van der Waals surface area contributed by atoms with E-state index >= 15 is 0 Å². The molecule has 1 aromatic rings. The molecule has 1 amide bonds. The largest absolute Gasteiger partial charge is 0.385 e. The van der Waals surface area contributed by atoms with Gasteiger partial charge in [-0.3, -0.25) is 4.79 Å². The second kappa shape index (κ2) is 8.87. The summed E-state index contributed by atoms with van der Waals surface area (Å²) < 4.78 is 29.4. The normalized spacial score (nSPS) is 11.6. The molecule has 0 spiro atoms. The second-order valence-corrected chi connectivity index (χ2v) is 7.19. The number of methoxy groups -OCH3 is 1. The summed E-state index contributed by atoms with van der Waals surface area (Å²) in [6, 6.07) is 7.80. The van der Waals surface area contributed by atoms with E-state index in [1.165, 1.54) is 0 Å². The van der Waals surface area contributed by atoms with Gasteiger partial charge in [-0.2, -0.15) is 4.31 Å². The maximum atomic E-state index is 11.9. The van der Waals surface area contributed by atoms with Crippen LogP contribution >= 0.6 is 0 Å². The van der Waals surface area contributed by atoms with Crippen molar-refractivity contribution in [3.63, 3.8) is 0 Å². The minimum atomic E-state index is -3.41. The zero-order valence-electron chi connectivity index (χ0n) is 13.3. The van der Waals surface area contributed by atoms with Crippen LogP contribution in [0.1, 0.15) is 17.5 Å². The second-order valence-electron chi connectivity index (χ2n) is 5.21. The molecule has 22 heavy (non-hydrogen) atoms. The van der Waals surface area contributed by atoms with Crippen LogP contribution in [-0.2, 0) is 26.1 Å². The van der Waals surface area contributed by atoms with Gasteiger partial charge in [-0.05, 0) is 18.9 Å². The van der Waals surface area contributed by atoms with E-state index in [2.05, 4.69) is 5.32 Å². The summed E-state index contributed by atoms with van der Waals surface area (Å²) in [6.07, 6.45) is 1.66. The number of sulfonamides is 1. The molecule has 0 fully saturated rings. The summed E-state index contributed by atoms with van der Waals surface area (Å²) >= 11 is 0. The molecule has 124 valence electrons. The van der Waals surface area contributed by atoms with Crippen LogP contribution in [0.25, 0.3) is 0 Å². The van der Waals surface area contributed by atoms with Gasteiger partial charge < -0.3 is 10.1 Å². The maximum Gasteiger partial charge on any atom is 0.235 e. The molecule has 0 aliphatic carbocycles. The molecule has 0 radical (unpaired) electrons. The van der Waals surface area contributed by atoms with Crippen molar-refractivity contribution in [1.82, 2.24) is 9.62 Å². The van der Waals surface area contributed by atoms with Crippen molar-refractivity contribution in [3.8, 4) is 0 Å². The van der Waals surface area contributed by atoms with Gasteiger partial charge in [0, 0.05) is 26.8 Å². The van der Waals surface area contributed by atoms with Gasteiger partial charge in [-0.1, -0.05) is 29.8 Å². The average molecular weight is 328 g/mol. The van der Waals surface area contributed by atoms with Crippen LogP contribution < -0.4 is 5.32 Å². The fourth-order valence-corrected chi connectivity index (χ4v) is 2.80. The molecule has 1 aromatic carbocycles. The molecule has 0 aromatic heterocycles. The lowest BCUT2D eigenvalue weighted by atomic mass is 10.1. The van der Waals surface area contributed by atoms with Crippen molar-refractivity contribution < 1.29 is 17.9 Å². The van der Waals surface area contributed by atoms with Crippen molar-refractivity contribution in [2.45, 2.75) is 19.9 Å². The zero-order valence-corrected chi connectivity index (χ0v) is 14.1. The van der Waals surface area contributed by atoms with Crippen LogP contribution in [0.15, 0.2) is 24.3 Å². The molecule has 0 saturated heterocycles. The Labute approximate surface area is 132 Å². The predicted molar refractivity (Wildman–Crippen MR) is 85.9 cm³/mol. The number of rotatable bonds is 9. The third-order valence-electron chi connectivity index (χ3n) is 3.12. The number of ether oxygens (including phenoxy) is 1. The summed E-state index contributed by atoms with van der Waals surface area (Å²) in [5.41, 5.74) is 2.10. The number of benzene rings is 1. The molecule has 0 saturated carbocycles. The van der Waals surface area contributed by atoms with Gasteiger partial charge in [0.15, 0.2) is 0 Å². The summed E-state index contributed by atoms with van der Waals surface area (Å²) in [5.74, 6) is -0.315. The molecule has 0 aliphatic heterocycles. The summed E-state index contributed by atoms with van der Waals surface area (Å²) in [4.78, 5) is 11.9. The number of carbonyl (C=O) groups excluding carboxylic acids is 1. The number of amides is 1. The van der Waals surface area contributed by atoms with E-state index in [9.17, 15) is 13.2 Å². The molecule has 0 heterocycles. The van der Waals surface area contributed by atoms with Crippen LogP contribution in [0.4, 0.5) is 0 Å². The number of hydrogen-bond donors (Lipinski definition) is 1. The van der Waals surface area contributed by atoms with Crippen LogP contribution in [0.5, 0.6) is 0 Å². The number of carbonyl (C=O) groups is 1. The lowest BCUT2D eigenvalue weighted by molar-refractivity contribution is -0.121. The first-order valence-electron chi connectivity index (χ1n) is 7.09. The molecule has 0 aliphatic rings. The fraction of sp³-hybridized carbons (Fsp3) is 0.533. The quantitative estimate of drug-likeness (QED) is 0.684. The van der Waals surface area contributed by atoms with Crippen molar-refractivity contribution in [2.75, 3.05) is 33.1 Å². The van der Waals surface area contributed by atoms with Gasteiger partial charge in [0.25, 0.3) is 0 Å². The standard InChI is InChI=1S/C15H24N2O4S/c1-13-6-4-7-14(10-13)11-16-15(18)12-17(22(3,19)20)8-5-9-21-2/h4,6-7,10H,5,8-9,11-12H2,1-3H3,(H,16,18). The van der Waals surface area contributed by atoms with Crippen molar-refractivity contribution in [2.24, 2.45) is 0 Å². The van der Waals surface area contributed by atoms with Crippen molar-refractivity contribution >= 4 is 15.9 Å². The monoisotopic (exact) mass is 328 g/mol. The Balaban J connectivity index is 2.52. The molecule has 0 unspecified atom stereocenters. The zero-order chi connectivity index (χ0) is 16.6. The van der Waals surface area contributed by atoms with E-state index in [1.807, 2.05) is 31.2 Å². The fourth-order valence-electron chi connectivity index (χ4n) is 1.99. The average Bonchev–Trinajstić information content (AvgIpc) is 2.43. The molecule has 7 heteroatoms. The summed E-state index contributed by atoms with van der Waals surface area (Å²) in [6.45, 7) is 2.92. The first-order chi connectivity index (χ1) is 10.3. The summed E-state index contributed by atoms with van der Waals surface area (Å²) in [5, 5.41) is 2.74. The molecule has 1 rings (SSSR count). The van der Waals surface area contributed by atoms with E-state index in [0.29, 0.717) is 19.6 Å². The minimum Gasteiger partial charge on any atom is -0.385 e. The third kappa shape index (κ3) is 7.02. The third-order valence-corrected chi connectivity index (χ3v) is 4.37. The number of aryl methyl sites for hydroxylation is 1. The van der Waals surface area contributed by atoms with Crippen molar-refractivity contribution in [1.29, 1.82) is 0 Å². The highest BCUT2D eigenvalue weighted by Gasteiger charge is 2.19. The Morgan fingerprint density at radius 2 is 2.09 bits per heavy atom. The highest BCUT2D eigenvalue weighted by molar-refractivity contribution is 7.88. The predicted octanol–water partition coefficient (Wildman–Crippen LogP) is 0.909. The van der Waals surface area contributed by atoms with Gasteiger partial charge in [-0.25, -0.2) is 8.42 Å². The smallest absolute Gasteiger partial charge is 0.235 e. The summed E-state index contributed by atoms with van der Waals surface area (Å²) in [7, 11) is -1.86. The van der Waals surface area contributed by atoms with Crippen LogP contribution in [0.3, 0.4) is 0 Å². The maximum absolute atomic E-state index is 11.9. The molecule has 6 nitrogen and oxygen atoms in total. The molecule has 0 atom stereocenters. The lowest BCUT2D eigenvalue weighted by Crippen LogP contribution is -2.40. The lowest BCUT2D eigenvalue weighted by Gasteiger charge is -2.19. The number of nitrogens with one attached hydrogen (secondary N) is 1. The van der Waals surface area contributed by atoms with E-state index in [0.717, 1.165) is 21.7 Å².